The van der Waals surface area contributed by atoms with Crippen LogP contribution in [0.1, 0.15) is 12.5 Å². The lowest BCUT2D eigenvalue weighted by Gasteiger charge is -1.94. The predicted molar refractivity (Wildman–Crippen MR) is 44.9 cm³/mol. The number of halogens is 2. The molecule has 1 N–H and O–H groups in total. The van der Waals surface area contributed by atoms with Crippen molar-refractivity contribution >= 4 is 0 Å². The van der Waals surface area contributed by atoms with E-state index in [0.29, 0.717) is 0 Å². The van der Waals surface area contributed by atoms with Crippen LogP contribution >= 0.6 is 0 Å². The van der Waals surface area contributed by atoms with E-state index in [1.807, 2.05) is 0 Å². The number of rotatable bonds is 0. The topological polar surface area (TPSA) is 20.2 Å². The zero-order valence-electron chi connectivity index (χ0n) is 7.01. The van der Waals surface area contributed by atoms with Gasteiger partial charge in [0.1, 0.15) is 17.7 Å². The SMILES string of the molecule is CC(O)C#Cc1cc(F)ccc1F. The average Bonchev–Trinajstić information content (AvgIpc) is 2.06. The maximum atomic E-state index is 12.9. The van der Waals surface area contributed by atoms with Gasteiger partial charge in [-0.25, -0.2) is 8.78 Å². The maximum absolute atomic E-state index is 12.9. The van der Waals surface area contributed by atoms with Gasteiger partial charge in [0, 0.05) is 0 Å². The molecule has 0 spiro atoms. The fourth-order valence-corrected chi connectivity index (χ4v) is 0.775. The standard InChI is InChI=1S/C10H8F2O/c1-7(13)2-3-8-6-9(11)4-5-10(8)12/h4-7,13H,1H3. The molecule has 0 saturated heterocycles. The van der Waals surface area contributed by atoms with Crippen LogP contribution < -0.4 is 0 Å². The Kier molecular flexibility index (Phi) is 2.99. The largest absolute Gasteiger partial charge is 0.381 e. The Hall–Kier alpha value is -1.40. The molecular weight excluding hydrogens is 174 g/mol. The Labute approximate surface area is 75.0 Å². The summed E-state index contributed by atoms with van der Waals surface area (Å²) >= 11 is 0. The van der Waals surface area contributed by atoms with Crippen molar-refractivity contribution in [3.8, 4) is 11.8 Å². The van der Waals surface area contributed by atoms with E-state index in [9.17, 15) is 8.78 Å². The molecule has 68 valence electrons. The van der Waals surface area contributed by atoms with Crippen LogP contribution in [-0.2, 0) is 0 Å². The first kappa shape index (κ1) is 9.69. The fraction of sp³-hybridized carbons (Fsp3) is 0.200. The fourth-order valence-electron chi connectivity index (χ4n) is 0.775. The van der Waals surface area contributed by atoms with Crippen molar-refractivity contribution in [2.75, 3.05) is 0 Å². The molecule has 0 aliphatic carbocycles. The van der Waals surface area contributed by atoms with Gasteiger partial charge >= 0.3 is 0 Å². The maximum Gasteiger partial charge on any atom is 0.139 e. The molecule has 13 heavy (non-hydrogen) atoms. The van der Waals surface area contributed by atoms with Crippen LogP contribution in [0.15, 0.2) is 18.2 Å². The molecule has 0 bridgehead atoms. The molecule has 1 nitrogen and oxygen atoms in total. The van der Waals surface area contributed by atoms with Crippen molar-refractivity contribution in [1.29, 1.82) is 0 Å². The van der Waals surface area contributed by atoms with Gasteiger partial charge in [0.25, 0.3) is 0 Å². The van der Waals surface area contributed by atoms with Gasteiger partial charge in [0.2, 0.25) is 0 Å². The Balaban J connectivity index is 3.02. The Bertz CT molecular complexity index is 361. The summed E-state index contributed by atoms with van der Waals surface area (Å²) in [5.41, 5.74) is -0.0408. The Morgan fingerprint density at radius 3 is 2.69 bits per heavy atom. The zero-order chi connectivity index (χ0) is 9.84. The van der Waals surface area contributed by atoms with Crippen molar-refractivity contribution in [3.05, 3.63) is 35.4 Å². The van der Waals surface area contributed by atoms with E-state index in [1.54, 1.807) is 0 Å². The molecule has 1 aromatic rings. The molecule has 0 aromatic heterocycles. The van der Waals surface area contributed by atoms with Crippen molar-refractivity contribution in [2.24, 2.45) is 0 Å². The molecule has 0 saturated carbocycles. The second-order valence-electron chi connectivity index (χ2n) is 2.57. The van der Waals surface area contributed by atoms with Gasteiger partial charge in [-0.15, -0.1) is 0 Å². The van der Waals surface area contributed by atoms with Crippen LogP contribution in [0.5, 0.6) is 0 Å². The van der Waals surface area contributed by atoms with Gasteiger partial charge in [0.05, 0.1) is 5.56 Å². The molecule has 0 fully saturated rings. The summed E-state index contributed by atoms with van der Waals surface area (Å²) in [4.78, 5) is 0. The summed E-state index contributed by atoms with van der Waals surface area (Å²) in [6, 6.07) is 3.01. The van der Waals surface area contributed by atoms with Crippen molar-refractivity contribution in [3.63, 3.8) is 0 Å². The van der Waals surface area contributed by atoms with Crippen molar-refractivity contribution < 1.29 is 13.9 Å². The second kappa shape index (κ2) is 4.01. The van der Waals surface area contributed by atoms with E-state index in [0.717, 1.165) is 18.2 Å². The third-order valence-corrected chi connectivity index (χ3v) is 1.34. The third kappa shape index (κ3) is 2.85. The van der Waals surface area contributed by atoms with Crippen LogP contribution in [0.2, 0.25) is 0 Å². The third-order valence-electron chi connectivity index (χ3n) is 1.34. The molecule has 1 aromatic carbocycles. The van der Waals surface area contributed by atoms with Crippen LogP contribution in [0.4, 0.5) is 8.78 Å². The van der Waals surface area contributed by atoms with E-state index in [4.69, 9.17) is 5.11 Å². The minimum Gasteiger partial charge on any atom is -0.381 e. The lowest BCUT2D eigenvalue weighted by Crippen LogP contribution is -1.93. The molecule has 0 radical (unpaired) electrons. The second-order valence-corrected chi connectivity index (χ2v) is 2.57. The van der Waals surface area contributed by atoms with Gasteiger partial charge in [-0.2, -0.15) is 0 Å². The molecule has 0 amide bonds. The monoisotopic (exact) mass is 182 g/mol. The predicted octanol–water partition coefficient (Wildman–Crippen LogP) is 1.70. The highest BCUT2D eigenvalue weighted by Crippen LogP contribution is 2.07. The highest BCUT2D eigenvalue weighted by Gasteiger charge is 1.99. The number of benzene rings is 1. The summed E-state index contributed by atoms with van der Waals surface area (Å²) < 4.78 is 25.4. The summed E-state index contributed by atoms with van der Waals surface area (Å²) in [7, 11) is 0. The number of aliphatic hydroxyl groups excluding tert-OH is 1. The molecular formula is C10H8F2O. The molecule has 0 heterocycles. The highest BCUT2D eigenvalue weighted by molar-refractivity contribution is 5.36. The molecule has 1 rings (SSSR count). The first-order valence-electron chi connectivity index (χ1n) is 3.74. The van der Waals surface area contributed by atoms with Crippen molar-refractivity contribution in [1.82, 2.24) is 0 Å². The zero-order valence-corrected chi connectivity index (χ0v) is 7.01. The van der Waals surface area contributed by atoms with Crippen LogP contribution in [0.25, 0.3) is 0 Å². The quantitative estimate of drug-likeness (QED) is 0.605. The normalized spacial score (nSPS) is 11.7. The summed E-state index contributed by atoms with van der Waals surface area (Å²) in [5, 5.41) is 8.78. The highest BCUT2D eigenvalue weighted by atomic mass is 19.1. The number of hydrogen-bond donors (Lipinski definition) is 1. The first-order chi connectivity index (χ1) is 6.09. The van der Waals surface area contributed by atoms with Gasteiger partial charge in [-0.1, -0.05) is 11.8 Å². The Morgan fingerprint density at radius 2 is 2.08 bits per heavy atom. The van der Waals surface area contributed by atoms with Gasteiger partial charge < -0.3 is 5.11 Å². The van der Waals surface area contributed by atoms with Crippen molar-refractivity contribution in [2.45, 2.75) is 13.0 Å². The number of hydrogen-bond acceptors (Lipinski definition) is 1. The van der Waals surface area contributed by atoms with E-state index in [1.165, 1.54) is 6.92 Å². The lowest BCUT2D eigenvalue weighted by molar-refractivity contribution is 0.253. The first-order valence-corrected chi connectivity index (χ1v) is 3.74. The van der Waals surface area contributed by atoms with E-state index >= 15 is 0 Å². The lowest BCUT2D eigenvalue weighted by atomic mass is 10.2. The molecule has 0 aliphatic heterocycles. The summed E-state index contributed by atoms with van der Waals surface area (Å²) in [5.74, 6) is 3.53. The molecule has 1 unspecified atom stereocenters. The van der Waals surface area contributed by atoms with Crippen LogP contribution in [-0.4, -0.2) is 11.2 Å². The van der Waals surface area contributed by atoms with Gasteiger partial charge in [0.15, 0.2) is 0 Å². The van der Waals surface area contributed by atoms with E-state index in [-0.39, 0.29) is 5.56 Å². The molecule has 1 atom stereocenters. The van der Waals surface area contributed by atoms with Crippen LogP contribution in [0, 0.1) is 23.5 Å². The van der Waals surface area contributed by atoms with Gasteiger partial charge in [-0.3, -0.25) is 0 Å². The van der Waals surface area contributed by atoms with E-state index < -0.39 is 17.7 Å². The minimum atomic E-state index is -0.845. The van der Waals surface area contributed by atoms with Gasteiger partial charge in [-0.05, 0) is 25.1 Å². The average molecular weight is 182 g/mol. The number of aliphatic hydroxyl groups is 1. The smallest absolute Gasteiger partial charge is 0.139 e. The molecule has 3 heteroatoms. The van der Waals surface area contributed by atoms with Crippen LogP contribution in [0.3, 0.4) is 0 Å². The summed E-state index contributed by atoms with van der Waals surface area (Å²) in [6.45, 7) is 1.45. The summed E-state index contributed by atoms with van der Waals surface area (Å²) in [6.07, 6.45) is -0.845. The molecule has 0 aliphatic rings. The Morgan fingerprint density at radius 1 is 1.38 bits per heavy atom. The van der Waals surface area contributed by atoms with E-state index in [2.05, 4.69) is 11.8 Å². The minimum absolute atomic E-state index is 0.0408.